The van der Waals surface area contributed by atoms with Crippen LogP contribution in [0.15, 0.2) is 0 Å². The molecule has 1 N–H and O–H groups in total. The molecule has 7 heteroatoms. The van der Waals surface area contributed by atoms with E-state index in [1.54, 1.807) is 0 Å². The Morgan fingerprint density at radius 3 is 2.38 bits per heavy atom. The van der Waals surface area contributed by atoms with Crippen LogP contribution in [0.25, 0.3) is 0 Å². The van der Waals surface area contributed by atoms with Gasteiger partial charge in [0.15, 0.2) is 0 Å². The van der Waals surface area contributed by atoms with E-state index in [0.29, 0.717) is 0 Å². The molecule has 13 heavy (non-hydrogen) atoms. The lowest BCUT2D eigenvalue weighted by atomic mass is 10.6. The Hall–Kier alpha value is -0.660. The summed E-state index contributed by atoms with van der Waals surface area (Å²) in [5.41, 5.74) is 0. The van der Waals surface area contributed by atoms with E-state index in [2.05, 4.69) is 4.74 Å². The summed E-state index contributed by atoms with van der Waals surface area (Å²) in [7, 11) is -2.04. The fourth-order valence-corrected chi connectivity index (χ4v) is 1.46. The molecule has 0 bridgehead atoms. The number of rotatable bonds is 6. The van der Waals surface area contributed by atoms with Crippen LogP contribution in [-0.4, -0.2) is 56.9 Å². The Bertz CT molecular complexity index is 260. The van der Waals surface area contributed by atoms with E-state index in [1.807, 2.05) is 0 Å². The van der Waals surface area contributed by atoms with Gasteiger partial charge in [0.25, 0.3) is 0 Å². The first-order valence-electron chi connectivity index (χ1n) is 3.53. The standard InChI is InChI=1S/C6H13NO5S/c1-12-4-3-7(5-6(8)9)13(2,10)11/h3-5H2,1-2H3,(H,8,9). The minimum Gasteiger partial charge on any atom is -0.480 e. The topological polar surface area (TPSA) is 83.9 Å². The quantitative estimate of drug-likeness (QED) is 0.608. The maximum Gasteiger partial charge on any atom is 0.318 e. The van der Waals surface area contributed by atoms with Gasteiger partial charge in [-0.3, -0.25) is 4.79 Å². The molecular weight excluding hydrogens is 198 g/mol. The van der Waals surface area contributed by atoms with Crippen molar-refractivity contribution >= 4 is 16.0 Å². The van der Waals surface area contributed by atoms with E-state index >= 15 is 0 Å². The highest BCUT2D eigenvalue weighted by molar-refractivity contribution is 7.88. The van der Waals surface area contributed by atoms with Crippen LogP contribution in [0.1, 0.15) is 0 Å². The van der Waals surface area contributed by atoms with Gasteiger partial charge in [-0.1, -0.05) is 0 Å². The third kappa shape index (κ3) is 5.56. The summed E-state index contributed by atoms with van der Waals surface area (Å²) in [6, 6.07) is 0. The Morgan fingerprint density at radius 1 is 1.54 bits per heavy atom. The van der Waals surface area contributed by atoms with Crippen molar-refractivity contribution in [3.8, 4) is 0 Å². The van der Waals surface area contributed by atoms with Gasteiger partial charge in [0.1, 0.15) is 6.54 Å². The number of hydrogen-bond donors (Lipinski definition) is 1. The van der Waals surface area contributed by atoms with Gasteiger partial charge < -0.3 is 9.84 Å². The largest absolute Gasteiger partial charge is 0.480 e. The summed E-state index contributed by atoms with van der Waals surface area (Å²) in [5.74, 6) is -1.18. The van der Waals surface area contributed by atoms with E-state index < -0.39 is 22.5 Å². The zero-order valence-corrected chi connectivity index (χ0v) is 8.37. The normalized spacial score (nSPS) is 11.9. The van der Waals surface area contributed by atoms with Crippen molar-refractivity contribution in [2.75, 3.05) is 33.1 Å². The van der Waals surface area contributed by atoms with Gasteiger partial charge in [-0.05, 0) is 0 Å². The Balaban J connectivity index is 4.29. The lowest BCUT2D eigenvalue weighted by Crippen LogP contribution is -2.37. The maximum atomic E-state index is 11.0. The number of sulfonamides is 1. The second-order valence-corrected chi connectivity index (χ2v) is 4.47. The lowest BCUT2D eigenvalue weighted by molar-refractivity contribution is -0.137. The van der Waals surface area contributed by atoms with Crippen molar-refractivity contribution in [2.45, 2.75) is 0 Å². The highest BCUT2D eigenvalue weighted by Gasteiger charge is 2.18. The number of carboxylic acid groups (broad SMARTS) is 1. The van der Waals surface area contributed by atoms with Gasteiger partial charge in [-0.15, -0.1) is 0 Å². The molecule has 0 aromatic carbocycles. The first kappa shape index (κ1) is 12.3. The van der Waals surface area contributed by atoms with E-state index in [0.717, 1.165) is 10.6 Å². The molecule has 0 atom stereocenters. The van der Waals surface area contributed by atoms with Crippen LogP contribution in [0.4, 0.5) is 0 Å². The van der Waals surface area contributed by atoms with Crippen LogP contribution in [0.5, 0.6) is 0 Å². The highest BCUT2D eigenvalue weighted by atomic mass is 32.2. The molecule has 6 nitrogen and oxygen atoms in total. The molecule has 0 fully saturated rings. The van der Waals surface area contributed by atoms with Crippen molar-refractivity contribution < 1.29 is 23.1 Å². The molecule has 0 radical (unpaired) electrons. The van der Waals surface area contributed by atoms with Crippen LogP contribution in [0.2, 0.25) is 0 Å². The summed E-state index contributed by atoms with van der Waals surface area (Å²) in [6.07, 6.45) is 0.964. The molecule has 0 aromatic rings. The molecule has 0 amide bonds. The average Bonchev–Trinajstić information content (AvgIpc) is 1.95. The summed E-state index contributed by atoms with van der Waals surface area (Å²) < 4.78 is 27.5. The summed E-state index contributed by atoms with van der Waals surface area (Å²) in [4.78, 5) is 10.3. The molecule has 0 aliphatic heterocycles. The number of hydrogen-bond acceptors (Lipinski definition) is 4. The second-order valence-electron chi connectivity index (χ2n) is 2.48. The molecule has 0 aliphatic carbocycles. The summed E-state index contributed by atoms with van der Waals surface area (Å²) in [6.45, 7) is -0.288. The SMILES string of the molecule is COCCN(CC(=O)O)S(C)(=O)=O. The molecule has 0 unspecified atom stereocenters. The van der Waals surface area contributed by atoms with Gasteiger partial charge in [-0.25, -0.2) is 8.42 Å². The molecule has 0 saturated heterocycles. The number of aliphatic carboxylic acids is 1. The Labute approximate surface area is 77.2 Å². The Morgan fingerprint density at radius 2 is 2.08 bits per heavy atom. The summed E-state index contributed by atoms with van der Waals surface area (Å²) in [5, 5.41) is 8.40. The molecule has 0 aromatic heterocycles. The first-order chi connectivity index (χ1) is 5.88. The number of methoxy groups -OCH3 is 1. The van der Waals surface area contributed by atoms with Gasteiger partial charge in [0, 0.05) is 13.7 Å². The minimum atomic E-state index is -3.46. The molecule has 0 aliphatic rings. The summed E-state index contributed by atoms with van der Waals surface area (Å²) >= 11 is 0. The molecule has 0 spiro atoms. The van der Waals surface area contributed by atoms with Crippen molar-refractivity contribution in [1.29, 1.82) is 0 Å². The number of ether oxygens (including phenoxy) is 1. The molecule has 0 saturated carbocycles. The van der Waals surface area contributed by atoms with Crippen molar-refractivity contribution in [3.05, 3.63) is 0 Å². The van der Waals surface area contributed by atoms with Gasteiger partial charge in [-0.2, -0.15) is 4.31 Å². The monoisotopic (exact) mass is 211 g/mol. The zero-order chi connectivity index (χ0) is 10.5. The van der Waals surface area contributed by atoms with Crippen molar-refractivity contribution in [1.82, 2.24) is 4.31 Å². The zero-order valence-electron chi connectivity index (χ0n) is 7.56. The molecule has 0 rings (SSSR count). The second kappa shape index (κ2) is 5.15. The van der Waals surface area contributed by atoms with E-state index in [4.69, 9.17) is 5.11 Å². The van der Waals surface area contributed by atoms with Crippen LogP contribution in [-0.2, 0) is 19.6 Å². The van der Waals surface area contributed by atoms with E-state index in [1.165, 1.54) is 7.11 Å². The Kier molecular flexibility index (Phi) is 4.89. The fourth-order valence-electron chi connectivity index (χ4n) is 0.706. The predicted octanol–water partition coefficient (Wildman–Crippen LogP) is -1.02. The fraction of sp³-hybridized carbons (Fsp3) is 0.833. The third-order valence-corrected chi connectivity index (χ3v) is 2.58. The molecular formula is C6H13NO5S. The number of carboxylic acids is 1. The number of carbonyl (C=O) groups is 1. The maximum absolute atomic E-state index is 11.0. The van der Waals surface area contributed by atoms with Crippen LogP contribution < -0.4 is 0 Å². The van der Waals surface area contributed by atoms with Crippen LogP contribution in [0, 0.1) is 0 Å². The van der Waals surface area contributed by atoms with E-state index in [-0.39, 0.29) is 13.2 Å². The van der Waals surface area contributed by atoms with Gasteiger partial charge in [0.2, 0.25) is 10.0 Å². The molecule has 0 heterocycles. The predicted molar refractivity (Wildman–Crippen MR) is 45.9 cm³/mol. The lowest BCUT2D eigenvalue weighted by Gasteiger charge is -2.16. The third-order valence-electron chi connectivity index (χ3n) is 1.33. The van der Waals surface area contributed by atoms with Crippen LogP contribution >= 0.6 is 0 Å². The highest BCUT2D eigenvalue weighted by Crippen LogP contribution is 1.96. The smallest absolute Gasteiger partial charge is 0.318 e. The minimum absolute atomic E-state index is 0.0572. The van der Waals surface area contributed by atoms with Gasteiger partial charge in [0.05, 0.1) is 12.9 Å². The van der Waals surface area contributed by atoms with Crippen molar-refractivity contribution in [3.63, 3.8) is 0 Å². The van der Waals surface area contributed by atoms with Crippen LogP contribution in [0.3, 0.4) is 0 Å². The number of nitrogens with zero attached hydrogens (tertiary/aromatic N) is 1. The molecule has 78 valence electrons. The average molecular weight is 211 g/mol. The van der Waals surface area contributed by atoms with Gasteiger partial charge >= 0.3 is 5.97 Å². The van der Waals surface area contributed by atoms with Crippen molar-refractivity contribution in [2.24, 2.45) is 0 Å². The van der Waals surface area contributed by atoms with E-state index in [9.17, 15) is 13.2 Å². The first-order valence-corrected chi connectivity index (χ1v) is 5.38.